The van der Waals surface area contributed by atoms with E-state index in [1.54, 1.807) is 26.0 Å². The highest BCUT2D eigenvalue weighted by Crippen LogP contribution is 2.44. The van der Waals surface area contributed by atoms with Gasteiger partial charge in [-0.1, -0.05) is 12.1 Å². The summed E-state index contributed by atoms with van der Waals surface area (Å²) >= 11 is 0. The lowest BCUT2D eigenvalue weighted by molar-refractivity contribution is -0.127. The third kappa shape index (κ3) is 2.74. The molecule has 0 bridgehead atoms. The molecule has 2 aliphatic rings. The highest BCUT2D eigenvalue weighted by molar-refractivity contribution is 5.95. The zero-order valence-electron chi connectivity index (χ0n) is 12.1. The molecule has 1 aromatic rings. The van der Waals surface area contributed by atoms with Crippen molar-refractivity contribution >= 4 is 5.97 Å². The van der Waals surface area contributed by atoms with Crippen molar-refractivity contribution in [3.05, 3.63) is 29.3 Å². The van der Waals surface area contributed by atoms with Crippen LogP contribution in [0.5, 0.6) is 5.75 Å². The van der Waals surface area contributed by atoms with E-state index in [0.29, 0.717) is 24.2 Å². The molecule has 3 rings (SSSR count). The first-order valence-electron chi connectivity index (χ1n) is 7.20. The summed E-state index contributed by atoms with van der Waals surface area (Å²) in [6, 6.07) is 5.34. The van der Waals surface area contributed by atoms with Crippen LogP contribution in [-0.4, -0.2) is 17.7 Å². The minimum atomic E-state index is -2.58. The Hall–Kier alpha value is -1.65. The highest BCUT2D eigenvalue weighted by atomic mass is 19.3. The van der Waals surface area contributed by atoms with Crippen LogP contribution in [0, 0.1) is 0 Å². The van der Waals surface area contributed by atoms with E-state index in [9.17, 15) is 13.6 Å². The number of hydrogen-bond acceptors (Lipinski definition) is 3. The number of fused-ring (bicyclic) bond motifs is 1. The summed E-state index contributed by atoms with van der Waals surface area (Å²) in [5.41, 5.74) is 1.16. The molecule has 0 unspecified atom stereocenters. The summed E-state index contributed by atoms with van der Waals surface area (Å²) in [6.07, 6.45) is 0.478. The van der Waals surface area contributed by atoms with Crippen LogP contribution in [0.25, 0.3) is 0 Å². The van der Waals surface area contributed by atoms with E-state index >= 15 is 0 Å². The second kappa shape index (κ2) is 4.68. The van der Waals surface area contributed by atoms with Crippen LogP contribution in [0.1, 0.15) is 61.4 Å². The van der Waals surface area contributed by atoms with Crippen molar-refractivity contribution in [2.75, 3.05) is 0 Å². The first-order valence-corrected chi connectivity index (χ1v) is 7.20. The second-order valence-electron chi connectivity index (χ2n) is 6.24. The quantitative estimate of drug-likeness (QED) is 0.726. The molecule has 0 saturated heterocycles. The molecule has 1 aliphatic carbocycles. The van der Waals surface area contributed by atoms with Gasteiger partial charge in [0, 0.05) is 26.7 Å². The van der Waals surface area contributed by atoms with Crippen LogP contribution in [-0.2, 0) is 4.74 Å². The summed E-state index contributed by atoms with van der Waals surface area (Å²) < 4.78 is 37.5. The topological polar surface area (TPSA) is 35.5 Å². The maximum atomic E-state index is 13.3. The number of halogens is 2. The van der Waals surface area contributed by atoms with Crippen molar-refractivity contribution in [3.63, 3.8) is 0 Å². The molecule has 0 aromatic heterocycles. The fourth-order valence-corrected chi connectivity index (χ4v) is 3.10. The number of esters is 1. The average molecular weight is 296 g/mol. The molecule has 0 spiro atoms. The Morgan fingerprint density at radius 3 is 2.48 bits per heavy atom. The number of hydrogen-bond donors (Lipinski definition) is 0. The van der Waals surface area contributed by atoms with Crippen molar-refractivity contribution < 1.29 is 23.0 Å². The molecule has 0 atom stereocenters. The number of ether oxygens (including phenoxy) is 2. The van der Waals surface area contributed by atoms with E-state index in [-0.39, 0.29) is 18.8 Å². The molecule has 0 radical (unpaired) electrons. The maximum Gasteiger partial charge on any atom is 0.345 e. The van der Waals surface area contributed by atoms with E-state index in [4.69, 9.17) is 9.47 Å². The van der Waals surface area contributed by atoms with Crippen LogP contribution >= 0.6 is 0 Å². The SMILES string of the molecule is CC1(C)OC(=O)c2c(cccc2C2CCC(F)(F)CC2)O1. The molecular weight excluding hydrogens is 278 g/mol. The monoisotopic (exact) mass is 296 g/mol. The molecule has 0 amide bonds. The molecule has 1 heterocycles. The fourth-order valence-electron chi connectivity index (χ4n) is 3.10. The lowest BCUT2D eigenvalue weighted by Gasteiger charge is -2.35. The normalized spacial score (nSPS) is 23.9. The molecule has 5 heteroatoms. The summed E-state index contributed by atoms with van der Waals surface area (Å²) in [7, 11) is 0. The maximum absolute atomic E-state index is 13.3. The Labute approximate surface area is 122 Å². The standard InChI is InChI=1S/C16H18F2O3/c1-15(2)20-12-5-3-4-11(13(12)14(19)21-15)10-6-8-16(17,18)9-7-10/h3-5,10H,6-9H2,1-2H3. The van der Waals surface area contributed by atoms with Gasteiger partial charge in [-0.05, 0) is 30.4 Å². The van der Waals surface area contributed by atoms with E-state index in [0.717, 1.165) is 5.56 Å². The Bertz CT molecular complexity index is 571. The van der Waals surface area contributed by atoms with Crippen LogP contribution in [0.4, 0.5) is 8.78 Å². The molecule has 21 heavy (non-hydrogen) atoms. The molecule has 1 saturated carbocycles. The lowest BCUT2D eigenvalue weighted by atomic mass is 9.80. The van der Waals surface area contributed by atoms with Crippen molar-refractivity contribution in [3.8, 4) is 5.75 Å². The number of rotatable bonds is 1. The third-order valence-corrected chi connectivity index (χ3v) is 4.11. The molecule has 1 aromatic carbocycles. The van der Waals surface area contributed by atoms with Gasteiger partial charge in [0.1, 0.15) is 11.3 Å². The Kier molecular flexibility index (Phi) is 3.19. The molecular formula is C16H18F2O3. The highest BCUT2D eigenvalue weighted by Gasteiger charge is 2.40. The fraction of sp³-hybridized carbons (Fsp3) is 0.562. The van der Waals surface area contributed by atoms with E-state index in [1.165, 1.54) is 0 Å². The molecule has 1 aliphatic heterocycles. The summed E-state index contributed by atoms with van der Waals surface area (Å²) in [5.74, 6) is -3.58. The van der Waals surface area contributed by atoms with Gasteiger partial charge in [0.15, 0.2) is 0 Å². The first kappa shape index (κ1) is 14.3. The van der Waals surface area contributed by atoms with Gasteiger partial charge in [0.2, 0.25) is 11.7 Å². The minimum Gasteiger partial charge on any atom is -0.452 e. The van der Waals surface area contributed by atoms with Crippen LogP contribution in [0.2, 0.25) is 0 Å². The summed E-state index contributed by atoms with van der Waals surface area (Å²) in [6.45, 7) is 3.34. The Morgan fingerprint density at radius 2 is 1.81 bits per heavy atom. The van der Waals surface area contributed by atoms with Gasteiger partial charge < -0.3 is 9.47 Å². The van der Waals surface area contributed by atoms with E-state index < -0.39 is 17.7 Å². The summed E-state index contributed by atoms with van der Waals surface area (Å²) in [5, 5.41) is 0. The number of cyclic esters (lactones) is 1. The first-order chi connectivity index (χ1) is 9.77. The van der Waals surface area contributed by atoms with Gasteiger partial charge in [-0.2, -0.15) is 0 Å². The smallest absolute Gasteiger partial charge is 0.345 e. The Morgan fingerprint density at radius 1 is 1.14 bits per heavy atom. The average Bonchev–Trinajstić information content (AvgIpc) is 2.36. The third-order valence-electron chi connectivity index (χ3n) is 4.11. The summed E-state index contributed by atoms with van der Waals surface area (Å²) in [4.78, 5) is 12.2. The number of alkyl halides is 2. The zero-order chi connectivity index (χ0) is 15.3. The number of carbonyl (C=O) groups is 1. The zero-order valence-corrected chi connectivity index (χ0v) is 12.1. The van der Waals surface area contributed by atoms with Crippen molar-refractivity contribution in [2.45, 2.75) is 57.2 Å². The predicted molar refractivity (Wildman–Crippen MR) is 72.7 cm³/mol. The molecule has 3 nitrogen and oxygen atoms in total. The lowest BCUT2D eigenvalue weighted by Crippen LogP contribution is -2.39. The van der Waals surface area contributed by atoms with Gasteiger partial charge in [0.25, 0.3) is 0 Å². The van der Waals surface area contributed by atoms with Crippen LogP contribution in [0.15, 0.2) is 18.2 Å². The van der Waals surface area contributed by atoms with Crippen LogP contribution < -0.4 is 4.74 Å². The number of carbonyl (C=O) groups excluding carboxylic acids is 1. The van der Waals surface area contributed by atoms with Gasteiger partial charge in [-0.3, -0.25) is 0 Å². The predicted octanol–water partition coefficient (Wildman–Crippen LogP) is 4.26. The van der Waals surface area contributed by atoms with Gasteiger partial charge >= 0.3 is 5.97 Å². The van der Waals surface area contributed by atoms with Crippen molar-refractivity contribution in [2.24, 2.45) is 0 Å². The van der Waals surface area contributed by atoms with Crippen LogP contribution in [0.3, 0.4) is 0 Å². The second-order valence-corrected chi connectivity index (χ2v) is 6.24. The van der Waals surface area contributed by atoms with Gasteiger partial charge in [-0.15, -0.1) is 0 Å². The van der Waals surface area contributed by atoms with E-state index in [1.807, 2.05) is 6.07 Å². The molecule has 1 fully saturated rings. The van der Waals surface area contributed by atoms with Gasteiger partial charge in [0.05, 0.1) is 0 Å². The van der Waals surface area contributed by atoms with Crippen molar-refractivity contribution in [1.29, 1.82) is 0 Å². The Balaban J connectivity index is 1.94. The number of benzene rings is 1. The van der Waals surface area contributed by atoms with Crippen molar-refractivity contribution in [1.82, 2.24) is 0 Å². The minimum absolute atomic E-state index is 0.0445. The van der Waals surface area contributed by atoms with Gasteiger partial charge in [-0.25, -0.2) is 13.6 Å². The van der Waals surface area contributed by atoms with E-state index in [2.05, 4.69) is 0 Å². The molecule has 0 N–H and O–H groups in total. The largest absolute Gasteiger partial charge is 0.452 e. The molecule has 114 valence electrons.